The van der Waals surface area contributed by atoms with Crippen LogP contribution < -0.4 is 9.47 Å². The third-order valence-electron chi connectivity index (χ3n) is 5.76. The molecule has 7 heteroatoms. The highest BCUT2D eigenvalue weighted by atomic mass is 16.6. The number of carbonyl (C=O) groups is 1. The molecule has 1 saturated heterocycles. The molecule has 0 saturated carbocycles. The second-order valence-electron chi connectivity index (χ2n) is 7.70. The Kier molecular flexibility index (Phi) is 5.09. The summed E-state index contributed by atoms with van der Waals surface area (Å²) in [5, 5.41) is 0. The number of benzene rings is 1. The minimum Gasteiger partial charge on any atom is -0.485 e. The SMILES string of the molecule is O=C(C1COc2ccccc2O1)N1CCC(c2nccn2Cc2ccccn2)CC1. The monoisotopic (exact) mass is 404 g/mol. The van der Waals surface area contributed by atoms with Crippen molar-refractivity contribution >= 4 is 5.91 Å². The van der Waals surface area contributed by atoms with Gasteiger partial charge in [-0.25, -0.2) is 4.98 Å². The first kappa shape index (κ1) is 18.7. The van der Waals surface area contributed by atoms with Crippen molar-refractivity contribution in [1.82, 2.24) is 19.4 Å². The number of nitrogens with zero attached hydrogens (tertiary/aromatic N) is 4. The van der Waals surface area contributed by atoms with E-state index in [1.807, 2.05) is 66.0 Å². The van der Waals surface area contributed by atoms with Crippen molar-refractivity contribution in [2.75, 3.05) is 19.7 Å². The summed E-state index contributed by atoms with van der Waals surface area (Å²) in [6.07, 6.45) is 6.85. The number of fused-ring (bicyclic) bond motifs is 1. The summed E-state index contributed by atoms with van der Waals surface area (Å²) in [6, 6.07) is 13.4. The Morgan fingerprint density at radius 1 is 1.00 bits per heavy atom. The minimum absolute atomic E-state index is 0.000203. The number of hydrogen-bond donors (Lipinski definition) is 0. The predicted octanol–water partition coefficient (Wildman–Crippen LogP) is 2.87. The summed E-state index contributed by atoms with van der Waals surface area (Å²) in [5.74, 6) is 2.73. The molecule has 2 aromatic heterocycles. The number of likely N-dealkylation sites (tertiary alicyclic amines) is 1. The Labute approximate surface area is 175 Å². The average Bonchev–Trinajstić information content (AvgIpc) is 3.27. The maximum Gasteiger partial charge on any atom is 0.267 e. The van der Waals surface area contributed by atoms with Crippen molar-refractivity contribution in [2.24, 2.45) is 0 Å². The van der Waals surface area contributed by atoms with Gasteiger partial charge in [0, 0.05) is 37.6 Å². The molecule has 0 bridgehead atoms. The Balaban J connectivity index is 1.20. The Morgan fingerprint density at radius 3 is 2.60 bits per heavy atom. The van der Waals surface area contributed by atoms with Gasteiger partial charge in [0.2, 0.25) is 6.10 Å². The number of hydrogen-bond acceptors (Lipinski definition) is 5. The summed E-state index contributed by atoms with van der Waals surface area (Å²) in [4.78, 5) is 23.9. The van der Waals surface area contributed by atoms with E-state index in [-0.39, 0.29) is 12.5 Å². The highest BCUT2D eigenvalue weighted by Crippen LogP contribution is 2.32. The van der Waals surface area contributed by atoms with Crippen molar-refractivity contribution in [3.63, 3.8) is 0 Å². The fourth-order valence-electron chi connectivity index (χ4n) is 4.18. The number of piperidine rings is 1. The largest absolute Gasteiger partial charge is 0.485 e. The molecule has 154 valence electrons. The lowest BCUT2D eigenvalue weighted by molar-refractivity contribution is -0.142. The third kappa shape index (κ3) is 3.75. The normalized spacial score (nSPS) is 18.9. The Hall–Kier alpha value is -3.35. The zero-order valence-corrected chi connectivity index (χ0v) is 16.7. The van der Waals surface area contributed by atoms with Crippen molar-refractivity contribution < 1.29 is 14.3 Å². The van der Waals surface area contributed by atoms with E-state index in [1.54, 1.807) is 0 Å². The molecule has 0 N–H and O–H groups in total. The quantitative estimate of drug-likeness (QED) is 0.669. The van der Waals surface area contributed by atoms with Crippen LogP contribution in [-0.4, -0.2) is 51.1 Å². The maximum absolute atomic E-state index is 13.0. The van der Waals surface area contributed by atoms with Gasteiger partial charge in [0.25, 0.3) is 5.91 Å². The van der Waals surface area contributed by atoms with Gasteiger partial charge < -0.3 is 18.9 Å². The zero-order valence-electron chi connectivity index (χ0n) is 16.7. The number of rotatable bonds is 4. The van der Waals surface area contributed by atoms with Crippen molar-refractivity contribution in [3.8, 4) is 11.5 Å². The van der Waals surface area contributed by atoms with Crippen LogP contribution in [0.4, 0.5) is 0 Å². The van der Waals surface area contributed by atoms with Gasteiger partial charge in [-0.15, -0.1) is 0 Å². The Morgan fingerprint density at radius 2 is 1.80 bits per heavy atom. The molecule has 4 heterocycles. The van der Waals surface area contributed by atoms with Crippen molar-refractivity contribution in [1.29, 1.82) is 0 Å². The van der Waals surface area contributed by atoms with Crippen LogP contribution in [0.2, 0.25) is 0 Å². The molecule has 2 aliphatic heterocycles. The van der Waals surface area contributed by atoms with Crippen LogP contribution in [0.1, 0.15) is 30.3 Å². The summed E-state index contributed by atoms with van der Waals surface area (Å²) < 4.78 is 13.8. The zero-order chi connectivity index (χ0) is 20.3. The second-order valence-corrected chi connectivity index (χ2v) is 7.70. The molecular weight excluding hydrogens is 380 g/mol. The molecule has 0 aliphatic carbocycles. The molecule has 1 aromatic carbocycles. The molecule has 30 heavy (non-hydrogen) atoms. The highest BCUT2D eigenvalue weighted by molar-refractivity contribution is 5.82. The van der Waals surface area contributed by atoms with E-state index in [2.05, 4.69) is 14.5 Å². The summed E-state index contributed by atoms with van der Waals surface area (Å²) in [5.41, 5.74) is 1.01. The Bertz CT molecular complexity index is 1010. The lowest BCUT2D eigenvalue weighted by Crippen LogP contribution is -2.49. The number of aromatic nitrogens is 3. The number of para-hydroxylation sites is 2. The van der Waals surface area contributed by atoms with E-state index in [4.69, 9.17) is 9.47 Å². The van der Waals surface area contributed by atoms with Crippen LogP contribution in [0.3, 0.4) is 0 Å². The van der Waals surface area contributed by atoms with Crippen LogP contribution in [0.15, 0.2) is 61.1 Å². The molecule has 7 nitrogen and oxygen atoms in total. The number of imidazole rings is 1. The fraction of sp³-hybridized carbons (Fsp3) is 0.348. The molecular formula is C23H24N4O3. The molecule has 1 amide bonds. The summed E-state index contributed by atoms with van der Waals surface area (Å²) in [6.45, 7) is 2.36. The summed E-state index contributed by atoms with van der Waals surface area (Å²) >= 11 is 0. The van der Waals surface area contributed by atoms with E-state index in [9.17, 15) is 4.79 Å². The number of amides is 1. The highest BCUT2D eigenvalue weighted by Gasteiger charge is 2.34. The molecule has 3 aromatic rings. The first-order valence-electron chi connectivity index (χ1n) is 10.4. The molecule has 1 atom stereocenters. The topological polar surface area (TPSA) is 69.5 Å². The first-order chi connectivity index (χ1) is 14.8. The van der Waals surface area contributed by atoms with E-state index in [0.29, 0.717) is 37.1 Å². The van der Waals surface area contributed by atoms with Gasteiger partial charge in [0.15, 0.2) is 11.5 Å². The van der Waals surface area contributed by atoms with Crippen LogP contribution >= 0.6 is 0 Å². The minimum atomic E-state index is -0.581. The van der Waals surface area contributed by atoms with E-state index in [1.165, 1.54) is 0 Å². The molecule has 1 fully saturated rings. The smallest absolute Gasteiger partial charge is 0.267 e. The van der Waals surface area contributed by atoms with E-state index >= 15 is 0 Å². The fourth-order valence-corrected chi connectivity index (χ4v) is 4.18. The first-order valence-corrected chi connectivity index (χ1v) is 10.4. The molecule has 0 spiro atoms. The van der Waals surface area contributed by atoms with Gasteiger partial charge >= 0.3 is 0 Å². The van der Waals surface area contributed by atoms with Crippen molar-refractivity contribution in [3.05, 3.63) is 72.6 Å². The third-order valence-corrected chi connectivity index (χ3v) is 5.76. The summed E-state index contributed by atoms with van der Waals surface area (Å²) in [7, 11) is 0. The number of pyridine rings is 1. The molecule has 2 aliphatic rings. The van der Waals surface area contributed by atoms with Gasteiger partial charge in [-0.2, -0.15) is 0 Å². The molecule has 1 unspecified atom stereocenters. The molecule has 5 rings (SSSR count). The lowest BCUT2D eigenvalue weighted by Gasteiger charge is -2.35. The van der Waals surface area contributed by atoms with Crippen molar-refractivity contribution in [2.45, 2.75) is 31.4 Å². The maximum atomic E-state index is 13.0. The number of ether oxygens (including phenoxy) is 2. The van der Waals surface area contributed by atoms with Gasteiger partial charge in [-0.1, -0.05) is 18.2 Å². The van der Waals surface area contributed by atoms with Gasteiger partial charge in [0.05, 0.1) is 12.2 Å². The van der Waals surface area contributed by atoms with E-state index < -0.39 is 6.10 Å². The lowest BCUT2D eigenvalue weighted by atomic mass is 9.95. The van der Waals surface area contributed by atoms with E-state index in [0.717, 1.165) is 24.4 Å². The average molecular weight is 404 g/mol. The van der Waals surface area contributed by atoms with Crippen LogP contribution in [0.25, 0.3) is 0 Å². The van der Waals surface area contributed by atoms with Gasteiger partial charge in [-0.3, -0.25) is 9.78 Å². The number of carbonyl (C=O) groups excluding carboxylic acids is 1. The van der Waals surface area contributed by atoms with Crippen LogP contribution in [0.5, 0.6) is 11.5 Å². The second kappa shape index (κ2) is 8.18. The van der Waals surface area contributed by atoms with Gasteiger partial charge in [0.1, 0.15) is 12.4 Å². The predicted molar refractivity (Wildman–Crippen MR) is 110 cm³/mol. The van der Waals surface area contributed by atoms with Crippen LogP contribution in [0, 0.1) is 0 Å². The van der Waals surface area contributed by atoms with Crippen LogP contribution in [-0.2, 0) is 11.3 Å². The standard InChI is InChI=1S/C23H24N4O3/c28-23(21-16-29-19-6-1-2-7-20(19)30-21)26-12-8-17(9-13-26)22-25-11-14-27(22)15-18-5-3-4-10-24-18/h1-7,10-11,14,17,21H,8-9,12-13,15-16H2. The van der Waals surface area contributed by atoms with Gasteiger partial charge in [-0.05, 0) is 37.1 Å². The molecule has 0 radical (unpaired) electrons.